The Bertz CT molecular complexity index is 1750. The summed E-state index contributed by atoms with van der Waals surface area (Å²) in [5.74, 6) is 0.252. The van der Waals surface area contributed by atoms with Crippen LogP contribution in [0.5, 0.6) is 0 Å². The van der Waals surface area contributed by atoms with Crippen LogP contribution in [0.2, 0.25) is 5.02 Å². The summed E-state index contributed by atoms with van der Waals surface area (Å²) in [4.78, 5) is 0. The number of halogens is 4. The van der Waals surface area contributed by atoms with Crippen LogP contribution in [0.15, 0.2) is 83.4 Å². The molecule has 5 rings (SSSR count). The van der Waals surface area contributed by atoms with Crippen LogP contribution in [0, 0.1) is 0 Å². The molecular weight excluding hydrogens is 553 g/mol. The number of hydrogen-bond acceptors (Lipinski definition) is 5. The minimum absolute atomic E-state index is 0.0569. The molecule has 0 saturated carbocycles. The fourth-order valence-corrected chi connectivity index (χ4v) is 5.42. The van der Waals surface area contributed by atoms with Gasteiger partial charge < -0.3 is 8.98 Å². The second-order valence-electron chi connectivity index (χ2n) is 9.01. The number of aromatic nitrogens is 3. The van der Waals surface area contributed by atoms with Crippen molar-refractivity contribution >= 4 is 38.2 Å². The number of fused-ring (bicyclic) bond motifs is 1. The molecule has 1 atom stereocenters. The predicted molar refractivity (Wildman–Crippen MR) is 143 cm³/mol. The monoisotopic (exact) mass is 574 g/mol. The summed E-state index contributed by atoms with van der Waals surface area (Å²) in [6.07, 6.45) is -1.16. The first-order valence-electron chi connectivity index (χ1n) is 11.8. The molecule has 202 valence electrons. The van der Waals surface area contributed by atoms with Gasteiger partial charge in [-0.1, -0.05) is 36.7 Å². The quantitative estimate of drug-likeness (QED) is 0.227. The Morgan fingerprint density at radius 3 is 2.23 bits per heavy atom. The van der Waals surface area contributed by atoms with Gasteiger partial charge in [-0.2, -0.15) is 13.2 Å². The van der Waals surface area contributed by atoms with E-state index in [0.717, 1.165) is 24.0 Å². The topological polar surface area (TPSA) is 90.0 Å². The molecule has 0 saturated heterocycles. The minimum atomic E-state index is -4.47. The van der Waals surface area contributed by atoms with Crippen molar-refractivity contribution in [3.8, 4) is 11.5 Å². The van der Waals surface area contributed by atoms with Crippen LogP contribution < -0.4 is 4.72 Å². The summed E-state index contributed by atoms with van der Waals surface area (Å²) >= 11 is 6.18. The van der Waals surface area contributed by atoms with Gasteiger partial charge in [-0.25, -0.2) is 8.42 Å². The number of sulfonamides is 1. The van der Waals surface area contributed by atoms with E-state index in [1.807, 2.05) is 29.7 Å². The summed E-state index contributed by atoms with van der Waals surface area (Å²) in [7, 11) is -3.53. The standard InChI is InChI=1S/C27H22ClF3N4O3S/c1-3-26(18-11-13-20(28)14-12-18,35-16-15-21-22(34-39(2,36)37)5-4-6-23(21)35)25-33-32-24(38-25)17-7-9-19(10-8-17)27(29,30)31/h4-16,34H,3H2,1-2H3/t26-/m1/s1. The summed E-state index contributed by atoms with van der Waals surface area (Å²) < 4.78 is 73.7. The van der Waals surface area contributed by atoms with Crippen LogP contribution in [0.25, 0.3) is 22.4 Å². The highest BCUT2D eigenvalue weighted by Crippen LogP contribution is 2.42. The van der Waals surface area contributed by atoms with E-state index in [-0.39, 0.29) is 11.8 Å². The van der Waals surface area contributed by atoms with Gasteiger partial charge in [0, 0.05) is 22.2 Å². The molecule has 0 amide bonds. The summed E-state index contributed by atoms with van der Waals surface area (Å²) in [5.41, 5.74) is 0.344. The van der Waals surface area contributed by atoms with Gasteiger partial charge in [0.05, 0.1) is 23.0 Å². The summed E-state index contributed by atoms with van der Waals surface area (Å²) in [6.45, 7) is 1.93. The molecular formula is C27H22ClF3N4O3S. The van der Waals surface area contributed by atoms with E-state index in [2.05, 4.69) is 14.9 Å². The van der Waals surface area contributed by atoms with Crippen LogP contribution in [0.4, 0.5) is 18.9 Å². The van der Waals surface area contributed by atoms with Crippen LogP contribution in [-0.2, 0) is 21.7 Å². The Morgan fingerprint density at radius 1 is 0.949 bits per heavy atom. The third kappa shape index (κ3) is 4.99. The van der Waals surface area contributed by atoms with Crippen molar-refractivity contribution in [2.45, 2.75) is 25.1 Å². The van der Waals surface area contributed by atoms with Gasteiger partial charge in [0.2, 0.25) is 21.8 Å². The number of nitrogens with zero attached hydrogens (tertiary/aromatic N) is 3. The van der Waals surface area contributed by atoms with E-state index in [4.69, 9.17) is 16.0 Å². The molecule has 39 heavy (non-hydrogen) atoms. The molecule has 0 unspecified atom stereocenters. The van der Waals surface area contributed by atoms with Crippen LogP contribution in [0.1, 0.15) is 30.4 Å². The maximum Gasteiger partial charge on any atom is 0.416 e. The zero-order chi connectivity index (χ0) is 28.0. The predicted octanol–water partition coefficient (Wildman–Crippen LogP) is 6.94. The first-order chi connectivity index (χ1) is 18.4. The second kappa shape index (κ2) is 9.73. The average Bonchev–Trinajstić information content (AvgIpc) is 3.54. The Labute approximate surface area is 227 Å². The molecule has 5 aromatic rings. The largest absolute Gasteiger partial charge is 0.418 e. The minimum Gasteiger partial charge on any atom is -0.418 e. The van der Waals surface area contributed by atoms with Crippen molar-refractivity contribution in [1.82, 2.24) is 14.8 Å². The summed E-state index contributed by atoms with van der Waals surface area (Å²) in [5, 5.41) is 9.68. The van der Waals surface area contributed by atoms with Gasteiger partial charge in [-0.15, -0.1) is 10.2 Å². The van der Waals surface area contributed by atoms with Crippen LogP contribution >= 0.6 is 11.6 Å². The third-order valence-electron chi connectivity index (χ3n) is 6.51. The lowest BCUT2D eigenvalue weighted by atomic mass is 9.86. The maximum absolute atomic E-state index is 13.0. The van der Waals surface area contributed by atoms with Gasteiger partial charge in [-0.3, -0.25) is 4.72 Å². The molecule has 1 N–H and O–H groups in total. The molecule has 7 nitrogen and oxygen atoms in total. The zero-order valence-electron chi connectivity index (χ0n) is 20.7. The Balaban J connectivity index is 1.70. The molecule has 0 spiro atoms. The van der Waals surface area contributed by atoms with Gasteiger partial charge in [0.25, 0.3) is 0 Å². The van der Waals surface area contributed by atoms with E-state index in [9.17, 15) is 21.6 Å². The van der Waals surface area contributed by atoms with E-state index in [0.29, 0.717) is 33.6 Å². The average molecular weight is 575 g/mol. The van der Waals surface area contributed by atoms with Crippen LogP contribution in [0.3, 0.4) is 0 Å². The number of hydrogen-bond donors (Lipinski definition) is 1. The lowest BCUT2D eigenvalue weighted by molar-refractivity contribution is -0.137. The molecule has 0 radical (unpaired) electrons. The number of anilines is 1. The Kier molecular flexibility index (Phi) is 6.68. The molecule has 0 aliphatic carbocycles. The highest BCUT2D eigenvalue weighted by molar-refractivity contribution is 7.92. The lowest BCUT2D eigenvalue weighted by Crippen LogP contribution is -2.35. The van der Waals surface area contributed by atoms with Crippen molar-refractivity contribution in [3.63, 3.8) is 0 Å². The fourth-order valence-electron chi connectivity index (χ4n) is 4.71. The number of rotatable bonds is 7. The van der Waals surface area contributed by atoms with E-state index < -0.39 is 27.3 Å². The highest BCUT2D eigenvalue weighted by Gasteiger charge is 2.41. The van der Waals surface area contributed by atoms with Crippen LogP contribution in [-0.4, -0.2) is 29.4 Å². The SMILES string of the molecule is CC[C@@](c1ccc(Cl)cc1)(c1nnc(-c2ccc(C(F)(F)F)cc2)o1)n1ccc2c(NS(C)(=O)=O)cccc21. The third-order valence-corrected chi connectivity index (χ3v) is 7.35. The van der Waals surface area contributed by atoms with E-state index >= 15 is 0 Å². The van der Waals surface area contributed by atoms with Crippen molar-refractivity contribution in [3.05, 3.63) is 101 Å². The normalized spacial score (nSPS) is 13.9. The van der Waals surface area contributed by atoms with Gasteiger partial charge in [0.15, 0.2) is 0 Å². The molecule has 2 heterocycles. The second-order valence-corrected chi connectivity index (χ2v) is 11.2. The maximum atomic E-state index is 13.0. The fraction of sp³-hybridized carbons (Fsp3) is 0.185. The number of nitrogens with one attached hydrogen (secondary N) is 1. The molecule has 0 bridgehead atoms. The first kappa shape index (κ1) is 26.8. The Hall–Kier alpha value is -3.83. The van der Waals surface area contributed by atoms with Gasteiger partial charge in [0.1, 0.15) is 5.54 Å². The van der Waals surface area contributed by atoms with Crippen molar-refractivity contribution < 1.29 is 26.0 Å². The highest BCUT2D eigenvalue weighted by atomic mass is 35.5. The molecule has 12 heteroatoms. The van der Waals surface area contributed by atoms with Crippen molar-refractivity contribution in [2.75, 3.05) is 11.0 Å². The summed E-state index contributed by atoms with van der Waals surface area (Å²) in [6, 6.07) is 18.6. The number of benzene rings is 3. The van der Waals surface area contributed by atoms with Crippen molar-refractivity contribution in [2.24, 2.45) is 0 Å². The smallest absolute Gasteiger partial charge is 0.416 e. The molecule has 0 aliphatic rings. The molecule has 2 aromatic heterocycles. The lowest BCUT2D eigenvalue weighted by Gasteiger charge is -2.33. The zero-order valence-corrected chi connectivity index (χ0v) is 22.3. The first-order valence-corrected chi connectivity index (χ1v) is 14.1. The molecule has 3 aromatic carbocycles. The van der Waals surface area contributed by atoms with E-state index in [1.54, 1.807) is 36.5 Å². The Morgan fingerprint density at radius 2 is 1.62 bits per heavy atom. The number of alkyl halides is 3. The van der Waals surface area contributed by atoms with Gasteiger partial charge >= 0.3 is 6.18 Å². The van der Waals surface area contributed by atoms with E-state index in [1.165, 1.54) is 12.1 Å². The molecule has 0 aliphatic heterocycles. The van der Waals surface area contributed by atoms with Crippen molar-refractivity contribution in [1.29, 1.82) is 0 Å². The van der Waals surface area contributed by atoms with Gasteiger partial charge in [-0.05, 0) is 66.6 Å². The molecule has 0 fully saturated rings.